The summed E-state index contributed by atoms with van der Waals surface area (Å²) in [5.74, 6) is -0.357. The molecular weight excluding hydrogens is 370 g/mol. The summed E-state index contributed by atoms with van der Waals surface area (Å²) < 4.78 is 4.83. The quantitative estimate of drug-likeness (QED) is 0.531. The molecule has 1 aliphatic heterocycles. The molecule has 2 N–H and O–H groups in total. The smallest absolute Gasteiger partial charge is 0.407 e. The molecule has 0 radical (unpaired) electrons. The van der Waals surface area contributed by atoms with Gasteiger partial charge in [0.05, 0.1) is 6.61 Å². The van der Waals surface area contributed by atoms with Gasteiger partial charge in [0.15, 0.2) is 5.54 Å². The summed E-state index contributed by atoms with van der Waals surface area (Å²) in [7, 11) is 0. The van der Waals surface area contributed by atoms with Gasteiger partial charge in [-0.25, -0.2) is 9.59 Å². The summed E-state index contributed by atoms with van der Waals surface area (Å²) in [4.78, 5) is 38.8. The van der Waals surface area contributed by atoms with E-state index in [4.69, 9.17) is 4.74 Å². The number of benzene rings is 2. The van der Waals surface area contributed by atoms with Crippen molar-refractivity contribution in [2.75, 3.05) is 19.7 Å². The molecule has 0 unspecified atom stereocenters. The molecule has 7 nitrogen and oxygen atoms in total. The Morgan fingerprint density at radius 1 is 1.00 bits per heavy atom. The number of carbonyl (C=O) groups is 3. The summed E-state index contributed by atoms with van der Waals surface area (Å²) in [6, 6.07) is 18.2. The maximum absolute atomic E-state index is 13.1. The fraction of sp³-hybridized carbons (Fsp3) is 0.318. The molecule has 0 aromatic heterocycles. The Morgan fingerprint density at radius 2 is 1.59 bits per heavy atom. The first-order valence-corrected chi connectivity index (χ1v) is 9.75. The molecule has 2 aromatic rings. The van der Waals surface area contributed by atoms with Gasteiger partial charge in [-0.2, -0.15) is 0 Å². The molecule has 29 heavy (non-hydrogen) atoms. The van der Waals surface area contributed by atoms with E-state index in [9.17, 15) is 14.4 Å². The molecule has 1 aliphatic rings. The van der Waals surface area contributed by atoms with Crippen molar-refractivity contribution in [3.63, 3.8) is 0 Å². The summed E-state index contributed by atoms with van der Waals surface area (Å²) in [5.41, 5.74) is 0.257. The second-order valence-corrected chi connectivity index (χ2v) is 6.71. The SMILES string of the molecule is CCOC(=O)NCCCCN1C(=O)NC(=O)C1(c1ccccc1)c1ccccc1. The minimum Gasteiger partial charge on any atom is -0.450 e. The van der Waals surface area contributed by atoms with Crippen LogP contribution in [0.2, 0.25) is 0 Å². The highest BCUT2D eigenvalue weighted by atomic mass is 16.5. The first kappa shape index (κ1) is 20.4. The Bertz CT molecular complexity index is 815. The second-order valence-electron chi connectivity index (χ2n) is 6.71. The van der Waals surface area contributed by atoms with E-state index in [0.29, 0.717) is 32.5 Å². The zero-order valence-electron chi connectivity index (χ0n) is 16.4. The van der Waals surface area contributed by atoms with E-state index in [-0.39, 0.29) is 5.91 Å². The minimum atomic E-state index is -1.21. The van der Waals surface area contributed by atoms with Crippen molar-refractivity contribution in [1.29, 1.82) is 0 Å². The van der Waals surface area contributed by atoms with Crippen LogP contribution in [0.5, 0.6) is 0 Å². The third kappa shape index (κ3) is 4.08. The van der Waals surface area contributed by atoms with Crippen LogP contribution < -0.4 is 10.6 Å². The van der Waals surface area contributed by atoms with Crippen molar-refractivity contribution in [3.05, 3.63) is 71.8 Å². The van der Waals surface area contributed by atoms with Gasteiger partial charge in [0.2, 0.25) is 0 Å². The molecule has 0 bridgehead atoms. The Balaban J connectivity index is 1.83. The Morgan fingerprint density at radius 3 is 2.14 bits per heavy atom. The van der Waals surface area contributed by atoms with Gasteiger partial charge >= 0.3 is 12.1 Å². The van der Waals surface area contributed by atoms with Gasteiger partial charge in [0.1, 0.15) is 0 Å². The standard InChI is InChI=1S/C22H25N3O4/c1-2-29-21(28)23-15-9-10-16-25-20(27)24-19(26)22(25,17-11-5-3-6-12-17)18-13-7-4-8-14-18/h3-8,11-14H,2,9-10,15-16H2,1H3,(H,23,28)(H,24,26,27). The first-order valence-electron chi connectivity index (χ1n) is 9.75. The van der Waals surface area contributed by atoms with Crippen molar-refractivity contribution in [1.82, 2.24) is 15.5 Å². The predicted molar refractivity (Wildman–Crippen MR) is 108 cm³/mol. The molecule has 7 heteroatoms. The maximum atomic E-state index is 13.1. The molecule has 1 saturated heterocycles. The molecule has 0 saturated carbocycles. The van der Waals surface area contributed by atoms with Crippen LogP contribution in [0.1, 0.15) is 30.9 Å². The predicted octanol–water partition coefficient (Wildman–Crippen LogP) is 3.01. The van der Waals surface area contributed by atoms with Crippen LogP contribution in [-0.2, 0) is 15.1 Å². The number of ether oxygens (including phenoxy) is 1. The number of nitrogens with zero attached hydrogens (tertiary/aromatic N) is 1. The monoisotopic (exact) mass is 395 g/mol. The number of urea groups is 1. The highest BCUT2D eigenvalue weighted by molar-refractivity contribution is 6.09. The van der Waals surface area contributed by atoms with E-state index < -0.39 is 17.7 Å². The van der Waals surface area contributed by atoms with Gasteiger partial charge in [-0.15, -0.1) is 0 Å². The number of unbranched alkanes of at least 4 members (excludes halogenated alkanes) is 1. The lowest BCUT2D eigenvalue weighted by molar-refractivity contribution is -0.125. The number of rotatable bonds is 8. The van der Waals surface area contributed by atoms with Crippen LogP contribution in [0.4, 0.5) is 9.59 Å². The van der Waals surface area contributed by atoms with E-state index >= 15 is 0 Å². The van der Waals surface area contributed by atoms with Crippen molar-refractivity contribution >= 4 is 18.0 Å². The third-order valence-corrected chi connectivity index (χ3v) is 4.94. The Hall–Kier alpha value is -3.35. The number of imide groups is 1. The van der Waals surface area contributed by atoms with Crippen LogP contribution in [0.15, 0.2) is 60.7 Å². The number of hydrogen-bond acceptors (Lipinski definition) is 4. The van der Waals surface area contributed by atoms with Gasteiger partial charge in [-0.3, -0.25) is 10.1 Å². The number of nitrogens with one attached hydrogen (secondary N) is 2. The van der Waals surface area contributed by atoms with Gasteiger partial charge in [0.25, 0.3) is 5.91 Å². The lowest BCUT2D eigenvalue weighted by Gasteiger charge is -2.36. The fourth-order valence-corrected chi connectivity index (χ4v) is 3.67. The molecule has 0 atom stereocenters. The minimum absolute atomic E-state index is 0.318. The third-order valence-electron chi connectivity index (χ3n) is 4.94. The molecule has 1 heterocycles. The van der Waals surface area contributed by atoms with Crippen LogP contribution in [0.3, 0.4) is 0 Å². The van der Waals surface area contributed by atoms with Crippen molar-refractivity contribution in [2.45, 2.75) is 25.3 Å². The van der Waals surface area contributed by atoms with Gasteiger partial charge < -0.3 is 15.0 Å². The number of alkyl carbamates (subject to hydrolysis) is 1. The summed E-state index contributed by atoms with van der Waals surface area (Å²) in [6.45, 7) is 2.87. The maximum Gasteiger partial charge on any atom is 0.407 e. The van der Waals surface area contributed by atoms with E-state index in [1.165, 1.54) is 0 Å². The number of carbonyl (C=O) groups excluding carboxylic acids is 3. The highest BCUT2D eigenvalue weighted by Gasteiger charge is 2.55. The van der Waals surface area contributed by atoms with E-state index in [0.717, 1.165) is 11.1 Å². The molecule has 152 valence electrons. The number of hydrogen-bond donors (Lipinski definition) is 2. The van der Waals surface area contributed by atoms with Crippen LogP contribution in [0, 0.1) is 0 Å². The van der Waals surface area contributed by atoms with Crippen LogP contribution in [0.25, 0.3) is 0 Å². The van der Waals surface area contributed by atoms with Crippen molar-refractivity contribution in [3.8, 4) is 0 Å². The highest BCUT2D eigenvalue weighted by Crippen LogP contribution is 2.39. The Kier molecular flexibility index (Phi) is 6.49. The topological polar surface area (TPSA) is 87.7 Å². The summed E-state index contributed by atoms with van der Waals surface area (Å²) in [5, 5.41) is 5.15. The van der Waals surface area contributed by atoms with E-state index in [1.54, 1.807) is 11.8 Å². The van der Waals surface area contributed by atoms with Gasteiger partial charge in [-0.1, -0.05) is 60.7 Å². The zero-order valence-corrected chi connectivity index (χ0v) is 16.4. The van der Waals surface area contributed by atoms with Crippen molar-refractivity contribution in [2.24, 2.45) is 0 Å². The lowest BCUT2D eigenvalue weighted by Crippen LogP contribution is -2.48. The molecule has 3 rings (SSSR count). The average molecular weight is 395 g/mol. The second kappa shape index (κ2) is 9.23. The summed E-state index contributed by atoms with van der Waals surface area (Å²) >= 11 is 0. The van der Waals surface area contributed by atoms with E-state index in [2.05, 4.69) is 10.6 Å². The summed E-state index contributed by atoms with van der Waals surface area (Å²) in [6.07, 6.45) is 0.815. The normalized spacial score (nSPS) is 15.1. The lowest BCUT2D eigenvalue weighted by atomic mass is 9.81. The first-order chi connectivity index (χ1) is 14.1. The molecule has 0 spiro atoms. The average Bonchev–Trinajstić information content (AvgIpc) is 2.99. The van der Waals surface area contributed by atoms with Gasteiger partial charge in [-0.05, 0) is 30.9 Å². The molecule has 4 amide bonds. The van der Waals surface area contributed by atoms with Gasteiger partial charge in [0, 0.05) is 13.1 Å². The zero-order chi connectivity index (χ0) is 20.7. The fourth-order valence-electron chi connectivity index (χ4n) is 3.67. The molecular formula is C22H25N3O4. The number of amides is 4. The van der Waals surface area contributed by atoms with Crippen LogP contribution in [-0.4, -0.2) is 42.6 Å². The van der Waals surface area contributed by atoms with E-state index in [1.807, 2.05) is 60.7 Å². The molecule has 0 aliphatic carbocycles. The molecule has 2 aromatic carbocycles. The molecule has 1 fully saturated rings. The van der Waals surface area contributed by atoms with Crippen molar-refractivity contribution < 1.29 is 19.1 Å². The Labute approximate surface area is 170 Å². The van der Waals surface area contributed by atoms with Crippen LogP contribution >= 0.6 is 0 Å². The largest absolute Gasteiger partial charge is 0.450 e.